The van der Waals surface area contributed by atoms with Gasteiger partial charge >= 0.3 is 5.97 Å². The number of ether oxygens (including phenoxy) is 1. The highest BCUT2D eigenvalue weighted by Crippen LogP contribution is 2.13. The molecule has 104 valence electrons. The first-order valence-electron chi connectivity index (χ1n) is 5.93. The summed E-state index contributed by atoms with van der Waals surface area (Å²) in [6.07, 6.45) is 0. The molecule has 0 aromatic rings. The summed E-state index contributed by atoms with van der Waals surface area (Å²) >= 11 is 0. The third-order valence-electron chi connectivity index (χ3n) is 2.86. The summed E-state index contributed by atoms with van der Waals surface area (Å²) in [7, 11) is 0. The zero-order chi connectivity index (χ0) is 13.8. The van der Waals surface area contributed by atoms with E-state index in [2.05, 4.69) is 5.32 Å². The smallest absolute Gasteiger partial charge is 0.336 e. The highest BCUT2D eigenvalue weighted by atomic mass is 16.5. The van der Waals surface area contributed by atoms with Crippen LogP contribution < -0.4 is 5.32 Å². The molecule has 18 heavy (non-hydrogen) atoms. The minimum atomic E-state index is -1.87. The van der Waals surface area contributed by atoms with E-state index in [0.717, 1.165) is 0 Å². The van der Waals surface area contributed by atoms with Crippen LogP contribution in [-0.2, 0) is 14.3 Å². The van der Waals surface area contributed by atoms with Crippen LogP contribution in [0.5, 0.6) is 0 Å². The van der Waals surface area contributed by atoms with Crippen LogP contribution in [-0.4, -0.2) is 71.5 Å². The van der Waals surface area contributed by atoms with Crippen molar-refractivity contribution >= 4 is 11.9 Å². The Morgan fingerprint density at radius 2 is 2.22 bits per heavy atom. The Kier molecular flexibility index (Phi) is 5.06. The van der Waals surface area contributed by atoms with Crippen LogP contribution in [0.15, 0.2) is 0 Å². The van der Waals surface area contributed by atoms with Gasteiger partial charge in [0.05, 0.1) is 13.2 Å². The number of likely N-dealkylation sites (N-methyl/N-ethyl adjacent to an activating group) is 1. The molecule has 7 heteroatoms. The van der Waals surface area contributed by atoms with Gasteiger partial charge in [-0.15, -0.1) is 0 Å². The number of hydrogen-bond acceptors (Lipinski definition) is 5. The summed E-state index contributed by atoms with van der Waals surface area (Å²) in [5.74, 6) is -1.51. The van der Waals surface area contributed by atoms with Gasteiger partial charge in [-0.25, -0.2) is 4.79 Å². The van der Waals surface area contributed by atoms with Crippen molar-refractivity contribution in [3.05, 3.63) is 0 Å². The molecule has 1 aliphatic rings. The lowest BCUT2D eigenvalue weighted by atomic mass is 10.0. The molecule has 0 aromatic heterocycles. The predicted molar refractivity (Wildman–Crippen MR) is 63.1 cm³/mol. The maximum Gasteiger partial charge on any atom is 0.336 e. The third-order valence-corrected chi connectivity index (χ3v) is 2.86. The van der Waals surface area contributed by atoms with Crippen LogP contribution in [0.4, 0.5) is 0 Å². The molecular formula is C11H20N2O5. The van der Waals surface area contributed by atoms with E-state index in [9.17, 15) is 14.7 Å². The number of hydrogen-bond donors (Lipinski definition) is 3. The van der Waals surface area contributed by atoms with E-state index in [1.54, 1.807) is 11.8 Å². The minimum absolute atomic E-state index is 0.104. The minimum Gasteiger partial charge on any atom is -0.479 e. The lowest BCUT2D eigenvalue weighted by molar-refractivity contribution is -0.162. The number of aliphatic hydroxyl groups is 1. The first kappa shape index (κ1) is 14.9. The van der Waals surface area contributed by atoms with E-state index >= 15 is 0 Å². The summed E-state index contributed by atoms with van der Waals surface area (Å²) in [5, 5.41) is 21.3. The Balaban J connectivity index is 2.71. The third kappa shape index (κ3) is 3.66. The monoisotopic (exact) mass is 260 g/mol. The number of β-amino-alcohol motifs (C(OH)–C–C–N with tert-alkyl or cyclic N) is 1. The van der Waals surface area contributed by atoms with Gasteiger partial charge in [0, 0.05) is 19.6 Å². The number of carboxylic acid groups (broad SMARTS) is 1. The maximum absolute atomic E-state index is 11.8. The van der Waals surface area contributed by atoms with Gasteiger partial charge in [0.2, 0.25) is 5.91 Å². The molecule has 0 radical (unpaired) electrons. The first-order chi connectivity index (χ1) is 8.38. The van der Waals surface area contributed by atoms with Gasteiger partial charge in [-0.3, -0.25) is 9.69 Å². The average molecular weight is 260 g/mol. The maximum atomic E-state index is 11.8. The fourth-order valence-corrected chi connectivity index (χ4v) is 1.82. The normalized spacial score (nSPS) is 24.3. The number of nitrogens with one attached hydrogen (secondary N) is 1. The molecule has 0 aliphatic carbocycles. The standard InChI is InChI=1S/C11H20N2O5/c1-3-12-9(14)8-6-18-5-4-13(8)7-11(2,17)10(15)16/h8,17H,3-7H2,1-2H3,(H,12,14)(H,15,16). The zero-order valence-electron chi connectivity index (χ0n) is 10.7. The second kappa shape index (κ2) is 6.12. The van der Waals surface area contributed by atoms with Crippen molar-refractivity contribution < 1.29 is 24.5 Å². The Labute approximate surface area is 106 Å². The van der Waals surface area contributed by atoms with Crippen LogP contribution in [0, 0.1) is 0 Å². The van der Waals surface area contributed by atoms with Crippen molar-refractivity contribution in [1.29, 1.82) is 0 Å². The molecule has 2 unspecified atom stereocenters. The first-order valence-corrected chi connectivity index (χ1v) is 5.93. The van der Waals surface area contributed by atoms with Crippen LogP contribution >= 0.6 is 0 Å². The molecule has 1 amide bonds. The number of rotatable bonds is 5. The molecule has 1 heterocycles. The summed E-state index contributed by atoms with van der Waals surface area (Å²) in [6, 6.07) is -0.551. The summed E-state index contributed by atoms with van der Waals surface area (Å²) in [4.78, 5) is 24.3. The average Bonchev–Trinajstić information content (AvgIpc) is 2.29. The van der Waals surface area contributed by atoms with Crippen molar-refractivity contribution in [2.75, 3.05) is 32.8 Å². The van der Waals surface area contributed by atoms with Crippen molar-refractivity contribution in [3.63, 3.8) is 0 Å². The lowest BCUT2D eigenvalue weighted by Crippen LogP contribution is -2.58. The highest BCUT2D eigenvalue weighted by molar-refractivity contribution is 5.82. The van der Waals surface area contributed by atoms with Crippen molar-refractivity contribution in [2.24, 2.45) is 0 Å². The van der Waals surface area contributed by atoms with E-state index in [1.807, 2.05) is 0 Å². The number of carbonyl (C=O) groups is 2. The van der Waals surface area contributed by atoms with Gasteiger partial charge < -0.3 is 20.3 Å². The molecule has 3 N–H and O–H groups in total. The molecule has 0 saturated carbocycles. The van der Waals surface area contributed by atoms with E-state index in [4.69, 9.17) is 9.84 Å². The molecule has 7 nitrogen and oxygen atoms in total. The Hall–Kier alpha value is -1.18. The molecule has 0 bridgehead atoms. The molecule has 2 atom stereocenters. The highest BCUT2D eigenvalue weighted by Gasteiger charge is 2.38. The second-order valence-corrected chi connectivity index (χ2v) is 4.53. The Morgan fingerprint density at radius 1 is 1.56 bits per heavy atom. The van der Waals surface area contributed by atoms with Crippen LogP contribution in [0.2, 0.25) is 0 Å². The van der Waals surface area contributed by atoms with Gasteiger partial charge in [0.1, 0.15) is 6.04 Å². The van der Waals surface area contributed by atoms with Gasteiger partial charge in [-0.2, -0.15) is 0 Å². The van der Waals surface area contributed by atoms with E-state index in [-0.39, 0.29) is 19.1 Å². The quantitative estimate of drug-likeness (QED) is 0.566. The van der Waals surface area contributed by atoms with Crippen LogP contribution in [0.1, 0.15) is 13.8 Å². The summed E-state index contributed by atoms with van der Waals surface area (Å²) in [6.45, 7) is 4.48. The Morgan fingerprint density at radius 3 is 2.78 bits per heavy atom. The lowest BCUT2D eigenvalue weighted by Gasteiger charge is -2.37. The molecule has 1 saturated heterocycles. The van der Waals surface area contributed by atoms with Gasteiger partial charge in [-0.05, 0) is 13.8 Å². The van der Waals surface area contributed by atoms with E-state index < -0.39 is 17.6 Å². The largest absolute Gasteiger partial charge is 0.479 e. The molecule has 1 aliphatic heterocycles. The number of morpholine rings is 1. The van der Waals surface area contributed by atoms with E-state index in [1.165, 1.54) is 6.92 Å². The number of carbonyl (C=O) groups excluding carboxylic acids is 1. The zero-order valence-corrected chi connectivity index (χ0v) is 10.7. The number of aliphatic carboxylic acids is 1. The van der Waals surface area contributed by atoms with Crippen molar-refractivity contribution in [3.8, 4) is 0 Å². The van der Waals surface area contributed by atoms with Crippen LogP contribution in [0.25, 0.3) is 0 Å². The fraction of sp³-hybridized carbons (Fsp3) is 0.818. The van der Waals surface area contributed by atoms with Crippen LogP contribution in [0.3, 0.4) is 0 Å². The number of amides is 1. The van der Waals surface area contributed by atoms with Crippen molar-refractivity contribution in [2.45, 2.75) is 25.5 Å². The van der Waals surface area contributed by atoms with Crippen molar-refractivity contribution in [1.82, 2.24) is 10.2 Å². The van der Waals surface area contributed by atoms with Gasteiger partial charge in [0.25, 0.3) is 0 Å². The summed E-state index contributed by atoms with van der Waals surface area (Å²) in [5.41, 5.74) is -1.87. The molecular weight excluding hydrogens is 240 g/mol. The number of nitrogens with zero attached hydrogens (tertiary/aromatic N) is 1. The SMILES string of the molecule is CCNC(=O)C1COCCN1CC(C)(O)C(=O)O. The van der Waals surface area contributed by atoms with Gasteiger partial charge in [0.15, 0.2) is 5.60 Å². The van der Waals surface area contributed by atoms with E-state index in [0.29, 0.717) is 19.7 Å². The number of carboxylic acids is 1. The summed E-state index contributed by atoms with van der Waals surface area (Å²) < 4.78 is 5.22. The second-order valence-electron chi connectivity index (χ2n) is 4.53. The molecule has 0 spiro atoms. The predicted octanol–water partition coefficient (Wildman–Crippen LogP) is -1.34. The topological polar surface area (TPSA) is 99.1 Å². The fourth-order valence-electron chi connectivity index (χ4n) is 1.82. The molecule has 1 fully saturated rings. The molecule has 1 rings (SSSR count). The van der Waals surface area contributed by atoms with Gasteiger partial charge in [-0.1, -0.05) is 0 Å². The Bertz CT molecular complexity index is 319. The molecule has 0 aromatic carbocycles.